The minimum absolute atomic E-state index is 0.311. The van der Waals surface area contributed by atoms with Gasteiger partial charge in [0.2, 0.25) is 9.84 Å². The van der Waals surface area contributed by atoms with E-state index < -0.39 is 9.84 Å². The van der Waals surface area contributed by atoms with Gasteiger partial charge in [-0.1, -0.05) is 12.1 Å². The standard InChI is InChI=1S/C22H19N3O2S/c1-14-2-4-19(12-20(14)15-3-6-22-17(10-15)13-24-25-22)28(26,27)18-5-7-21-16(11-18)8-9-23-21/h2-7,10-13,23H,8-9H2,1H3,(H,24,25). The van der Waals surface area contributed by atoms with Gasteiger partial charge in [-0.05, 0) is 78.1 Å². The quantitative estimate of drug-likeness (QED) is 0.547. The Bertz CT molecular complexity index is 1320. The van der Waals surface area contributed by atoms with Crippen LogP contribution in [0.15, 0.2) is 70.6 Å². The molecule has 0 saturated heterocycles. The van der Waals surface area contributed by atoms with Gasteiger partial charge in [-0.25, -0.2) is 8.42 Å². The average molecular weight is 389 g/mol. The van der Waals surface area contributed by atoms with Gasteiger partial charge in [0, 0.05) is 17.6 Å². The Labute approximate surface area is 163 Å². The highest BCUT2D eigenvalue weighted by molar-refractivity contribution is 7.91. The molecule has 0 bridgehead atoms. The molecule has 2 heterocycles. The SMILES string of the molecule is Cc1ccc(S(=O)(=O)c2ccc3c(c2)CCN3)cc1-c1ccc2[nH]ncc2c1. The van der Waals surface area contributed by atoms with E-state index in [2.05, 4.69) is 15.5 Å². The molecule has 140 valence electrons. The molecule has 0 amide bonds. The van der Waals surface area contributed by atoms with Gasteiger partial charge in [-0.3, -0.25) is 5.10 Å². The summed E-state index contributed by atoms with van der Waals surface area (Å²) in [5.74, 6) is 0. The smallest absolute Gasteiger partial charge is 0.206 e. The van der Waals surface area contributed by atoms with Gasteiger partial charge in [0.25, 0.3) is 0 Å². The van der Waals surface area contributed by atoms with Crippen molar-refractivity contribution in [1.29, 1.82) is 0 Å². The van der Waals surface area contributed by atoms with Crippen molar-refractivity contribution in [3.63, 3.8) is 0 Å². The van der Waals surface area contributed by atoms with Crippen molar-refractivity contribution >= 4 is 26.4 Å². The molecule has 0 aliphatic carbocycles. The van der Waals surface area contributed by atoms with Gasteiger partial charge in [0.15, 0.2) is 0 Å². The Morgan fingerprint density at radius 2 is 1.79 bits per heavy atom. The van der Waals surface area contributed by atoms with E-state index in [4.69, 9.17) is 0 Å². The van der Waals surface area contributed by atoms with Crippen LogP contribution in [0, 0.1) is 6.92 Å². The first-order chi connectivity index (χ1) is 13.5. The first-order valence-corrected chi connectivity index (χ1v) is 10.7. The molecule has 0 atom stereocenters. The van der Waals surface area contributed by atoms with Crippen LogP contribution in [0.2, 0.25) is 0 Å². The van der Waals surface area contributed by atoms with Crippen LogP contribution in [0.25, 0.3) is 22.0 Å². The van der Waals surface area contributed by atoms with Crippen molar-refractivity contribution in [1.82, 2.24) is 10.2 Å². The highest BCUT2D eigenvalue weighted by Gasteiger charge is 2.21. The number of aryl methyl sites for hydroxylation is 1. The molecule has 0 saturated carbocycles. The monoisotopic (exact) mass is 389 g/mol. The predicted octanol–water partition coefficient (Wildman–Crippen LogP) is 4.34. The fourth-order valence-electron chi connectivity index (χ4n) is 3.77. The van der Waals surface area contributed by atoms with Crippen molar-refractivity contribution < 1.29 is 8.42 Å². The summed E-state index contributed by atoms with van der Waals surface area (Å²) >= 11 is 0. The molecule has 0 radical (unpaired) electrons. The molecule has 6 heteroatoms. The molecule has 1 aromatic heterocycles. The lowest BCUT2D eigenvalue weighted by Gasteiger charge is -2.11. The topological polar surface area (TPSA) is 74.8 Å². The number of nitrogens with one attached hydrogen (secondary N) is 2. The fraction of sp³-hybridized carbons (Fsp3) is 0.136. The van der Waals surface area contributed by atoms with Crippen LogP contribution in [0.1, 0.15) is 11.1 Å². The summed E-state index contributed by atoms with van der Waals surface area (Å²) in [7, 11) is -3.59. The molecule has 1 aliphatic rings. The Morgan fingerprint density at radius 3 is 2.68 bits per heavy atom. The highest BCUT2D eigenvalue weighted by atomic mass is 32.2. The molecule has 5 rings (SSSR count). The maximum atomic E-state index is 13.3. The number of aromatic nitrogens is 2. The lowest BCUT2D eigenvalue weighted by Crippen LogP contribution is -2.03. The second-order valence-electron chi connectivity index (χ2n) is 7.15. The fourth-order valence-corrected chi connectivity index (χ4v) is 5.11. The Balaban J connectivity index is 1.61. The summed E-state index contributed by atoms with van der Waals surface area (Å²) in [6.07, 6.45) is 2.62. The average Bonchev–Trinajstić information content (AvgIpc) is 3.36. The maximum Gasteiger partial charge on any atom is 0.206 e. The van der Waals surface area contributed by atoms with E-state index in [-0.39, 0.29) is 0 Å². The maximum absolute atomic E-state index is 13.3. The second-order valence-corrected chi connectivity index (χ2v) is 9.10. The number of hydrogen-bond acceptors (Lipinski definition) is 4. The van der Waals surface area contributed by atoms with E-state index in [1.165, 1.54) is 0 Å². The van der Waals surface area contributed by atoms with E-state index in [9.17, 15) is 8.42 Å². The largest absolute Gasteiger partial charge is 0.384 e. The van der Waals surface area contributed by atoms with E-state index in [0.29, 0.717) is 9.79 Å². The highest BCUT2D eigenvalue weighted by Crippen LogP contribution is 2.32. The number of aromatic amines is 1. The molecular formula is C22H19N3O2S. The zero-order valence-corrected chi connectivity index (χ0v) is 16.2. The molecule has 5 nitrogen and oxygen atoms in total. The van der Waals surface area contributed by atoms with Gasteiger partial charge >= 0.3 is 0 Å². The number of anilines is 1. The van der Waals surface area contributed by atoms with Crippen LogP contribution in [0.5, 0.6) is 0 Å². The van der Waals surface area contributed by atoms with Crippen LogP contribution in [-0.2, 0) is 16.3 Å². The lowest BCUT2D eigenvalue weighted by molar-refractivity contribution is 0.596. The van der Waals surface area contributed by atoms with Gasteiger partial charge in [0.05, 0.1) is 21.5 Å². The molecule has 0 spiro atoms. The summed E-state index contributed by atoms with van der Waals surface area (Å²) in [4.78, 5) is 0.654. The summed E-state index contributed by atoms with van der Waals surface area (Å²) < 4.78 is 26.5. The number of rotatable bonds is 3. The van der Waals surface area contributed by atoms with Gasteiger partial charge < -0.3 is 5.32 Å². The van der Waals surface area contributed by atoms with Crippen molar-refractivity contribution in [2.75, 3.05) is 11.9 Å². The van der Waals surface area contributed by atoms with Gasteiger partial charge in [-0.15, -0.1) is 0 Å². The van der Waals surface area contributed by atoms with Crippen molar-refractivity contribution in [2.24, 2.45) is 0 Å². The van der Waals surface area contributed by atoms with E-state index >= 15 is 0 Å². The van der Waals surface area contributed by atoms with Crippen LogP contribution in [0.4, 0.5) is 5.69 Å². The minimum Gasteiger partial charge on any atom is -0.384 e. The molecule has 0 fully saturated rings. The van der Waals surface area contributed by atoms with Crippen molar-refractivity contribution in [2.45, 2.75) is 23.1 Å². The van der Waals surface area contributed by atoms with Crippen LogP contribution in [-0.4, -0.2) is 25.2 Å². The summed E-state index contributed by atoms with van der Waals surface area (Å²) in [6.45, 7) is 2.84. The van der Waals surface area contributed by atoms with E-state index in [0.717, 1.165) is 51.8 Å². The zero-order valence-electron chi connectivity index (χ0n) is 15.4. The molecule has 28 heavy (non-hydrogen) atoms. The molecule has 4 aromatic rings. The Kier molecular flexibility index (Phi) is 3.77. The number of hydrogen-bond donors (Lipinski definition) is 2. The lowest BCUT2D eigenvalue weighted by atomic mass is 10.00. The predicted molar refractivity (Wildman–Crippen MR) is 110 cm³/mol. The van der Waals surface area contributed by atoms with E-state index in [1.807, 2.05) is 37.3 Å². The van der Waals surface area contributed by atoms with Crippen molar-refractivity contribution in [3.05, 3.63) is 71.9 Å². The number of H-pyrrole nitrogens is 1. The van der Waals surface area contributed by atoms with Crippen LogP contribution in [0.3, 0.4) is 0 Å². The van der Waals surface area contributed by atoms with E-state index in [1.54, 1.807) is 30.5 Å². The number of sulfone groups is 1. The normalized spacial score (nSPS) is 13.5. The molecule has 3 aromatic carbocycles. The summed E-state index contributed by atoms with van der Waals surface area (Å²) in [5.41, 5.74) is 5.95. The third kappa shape index (κ3) is 2.68. The van der Waals surface area contributed by atoms with Crippen LogP contribution >= 0.6 is 0 Å². The molecule has 1 aliphatic heterocycles. The molecule has 0 unspecified atom stereocenters. The number of fused-ring (bicyclic) bond motifs is 2. The summed E-state index contributed by atoms with van der Waals surface area (Å²) in [5, 5.41) is 11.3. The Hall–Kier alpha value is -3.12. The third-order valence-electron chi connectivity index (χ3n) is 5.37. The molecular weight excluding hydrogens is 370 g/mol. The first-order valence-electron chi connectivity index (χ1n) is 9.18. The molecule has 2 N–H and O–H groups in total. The minimum atomic E-state index is -3.59. The van der Waals surface area contributed by atoms with Crippen LogP contribution < -0.4 is 5.32 Å². The van der Waals surface area contributed by atoms with Gasteiger partial charge in [-0.2, -0.15) is 5.10 Å². The Morgan fingerprint density at radius 1 is 0.964 bits per heavy atom. The first kappa shape index (κ1) is 17.0. The second kappa shape index (κ2) is 6.21. The number of nitrogens with zero attached hydrogens (tertiary/aromatic N) is 1. The van der Waals surface area contributed by atoms with Gasteiger partial charge in [0.1, 0.15) is 0 Å². The zero-order chi connectivity index (χ0) is 19.3. The third-order valence-corrected chi connectivity index (χ3v) is 7.12. The van der Waals surface area contributed by atoms with Crippen molar-refractivity contribution in [3.8, 4) is 11.1 Å². The summed E-state index contributed by atoms with van der Waals surface area (Å²) in [6, 6.07) is 16.7. The number of benzene rings is 3.